The molecule has 0 N–H and O–H groups in total. The van der Waals surface area contributed by atoms with Gasteiger partial charge in [-0.2, -0.15) is 0 Å². The minimum atomic E-state index is -0.722. The standard InChI is InChI=1S/C17H12Br2O7/c18-14-5-1-12(25-14)3-7-16(21)23-9-11(20)10-24-17(22)8-4-13-2-6-15(19)26-13/h1-8H,9-10H2. The second-order valence-electron chi connectivity index (χ2n) is 4.70. The molecule has 2 aromatic heterocycles. The number of furan rings is 2. The lowest BCUT2D eigenvalue weighted by molar-refractivity contribution is -0.148. The first-order valence-corrected chi connectivity index (χ1v) is 8.73. The van der Waals surface area contributed by atoms with Crippen molar-refractivity contribution in [2.75, 3.05) is 13.2 Å². The Morgan fingerprint density at radius 3 is 1.58 bits per heavy atom. The molecule has 0 saturated heterocycles. The summed E-state index contributed by atoms with van der Waals surface area (Å²) in [5.41, 5.74) is 0. The number of esters is 2. The van der Waals surface area contributed by atoms with Crippen LogP contribution in [0.15, 0.2) is 54.6 Å². The van der Waals surface area contributed by atoms with Gasteiger partial charge in [0.1, 0.15) is 11.5 Å². The van der Waals surface area contributed by atoms with Crippen molar-refractivity contribution in [1.82, 2.24) is 0 Å². The van der Waals surface area contributed by atoms with Crippen molar-refractivity contribution < 1.29 is 32.7 Å². The third kappa shape index (κ3) is 7.24. The van der Waals surface area contributed by atoms with Gasteiger partial charge in [0.2, 0.25) is 5.78 Å². The molecule has 0 aliphatic rings. The summed E-state index contributed by atoms with van der Waals surface area (Å²) in [6.45, 7) is -1.01. The van der Waals surface area contributed by atoms with Crippen LogP contribution in [0.25, 0.3) is 12.2 Å². The Morgan fingerprint density at radius 1 is 0.808 bits per heavy atom. The summed E-state index contributed by atoms with van der Waals surface area (Å²) in [6, 6.07) is 6.63. The predicted octanol–water partition coefficient (Wildman–Crippen LogP) is 3.78. The van der Waals surface area contributed by atoms with Crippen LogP contribution < -0.4 is 0 Å². The van der Waals surface area contributed by atoms with Crippen molar-refractivity contribution in [3.63, 3.8) is 0 Å². The van der Waals surface area contributed by atoms with Gasteiger partial charge in [0.05, 0.1) is 0 Å². The zero-order chi connectivity index (χ0) is 18.9. The van der Waals surface area contributed by atoms with Gasteiger partial charge in [-0.25, -0.2) is 9.59 Å². The Morgan fingerprint density at radius 2 is 1.23 bits per heavy atom. The van der Waals surface area contributed by atoms with Crippen LogP contribution in [-0.4, -0.2) is 30.9 Å². The van der Waals surface area contributed by atoms with Crippen molar-refractivity contribution in [3.8, 4) is 0 Å². The van der Waals surface area contributed by atoms with Gasteiger partial charge in [0.15, 0.2) is 22.6 Å². The van der Waals surface area contributed by atoms with Crippen LogP contribution in [0.1, 0.15) is 11.5 Å². The molecule has 136 valence electrons. The van der Waals surface area contributed by atoms with Crippen molar-refractivity contribution >= 4 is 61.7 Å². The van der Waals surface area contributed by atoms with E-state index < -0.39 is 30.9 Å². The van der Waals surface area contributed by atoms with Gasteiger partial charge in [-0.05, 0) is 68.3 Å². The number of halogens is 2. The first kappa shape index (κ1) is 19.9. The summed E-state index contributed by atoms with van der Waals surface area (Å²) >= 11 is 6.26. The van der Waals surface area contributed by atoms with Crippen LogP contribution in [0.4, 0.5) is 0 Å². The maximum atomic E-state index is 11.6. The number of carbonyl (C=O) groups excluding carboxylic acids is 3. The number of rotatable bonds is 8. The average molecular weight is 488 g/mol. The third-order valence-corrected chi connectivity index (χ3v) is 3.56. The molecule has 0 atom stereocenters. The number of ketones is 1. The first-order valence-electron chi connectivity index (χ1n) is 7.14. The smallest absolute Gasteiger partial charge is 0.331 e. The Labute approximate surface area is 164 Å². The normalized spacial score (nSPS) is 11.2. The fourth-order valence-electron chi connectivity index (χ4n) is 1.58. The molecule has 2 aromatic rings. The van der Waals surface area contributed by atoms with Gasteiger partial charge < -0.3 is 18.3 Å². The van der Waals surface area contributed by atoms with E-state index in [2.05, 4.69) is 31.9 Å². The molecule has 0 aliphatic carbocycles. The van der Waals surface area contributed by atoms with E-state index in [1.165, 1.54) is 12.2 Å². The lowest BCUT2D eigenvalue weighted by atomic mass is 10.4. The maximum absolute atomic E-state index is 11.6. The maximum Gasteiger partial charge on any atom is 0.331 e. The van der Waals surface area contributed by atoms with E-state index >= 15 is 0 Å². The highest BCUT2D eigenvalue weighted by molar-refractivity contribution is 9.10. The number of Topliss-reactive ketones (excluding diaryl/α,β-unsaturated/α-hetero) is 1. The molecule has 7 nitrogen and oxygen atoms in total. The van der Waals surface area contributed by atoms with Crippen LogP contribution in [0.5, 0.6) is 0 Å². The van der Waals surface area contributed by atoms with E-state index in [0.29, 0.717) is 20.9 Å². The predicted molar refractivity (Wildman–Crippen MR) is 97.8 cm³/mol. The molecule has 2 rings (SSSR count). The van der Waals surface area contributed by atoms with Gasteiger partial charge in [-0.1, -0.05) is 0 Å². The lowest BCUT2D eigenvalue weighted by Gasteiger charge is -2.02. The van der Waals surface area contributed by atoms with E-state index in [1.807, 2.05) is 0 Å². The monoisotopic (exact) mass is 486 g/mol. The Hall–Kier alpha value is -2.39. The van der Waals surface area contributed by atoms with E-state index in [4.69, 9.17) is 18.3 Å². The van der Waals surface area contributed by atoms with E-state index in [0.717, 1.165) is 12.2 Å². The summed E-state index contributed by atoms with van der Waals surface area (Å²) in [5.74, 6) is -1.11. The molecule has 0 amide bonds. The molecule has 0 spiro atoms. The highest BCUT2D eigenvalue weighted by Gasteiger charge is 2.08. The van der Waals surface area contributed by atoms with Crippen LogP contribution in [0.3, 0.4) is 0 Å². The van der Waals surface area contributed by atoms with Gasteiger partial charge >= 0.3 is 11.9 Å². The van der Waals surface area contributed by atoms with Gasteiger partial charge in [-0.15, -0.1) is 0 Å². The van der Waals surface area contributed by atoms with Gasteiger partial charge in [-0.3, -0.25) is 4.79 Å². The van der Waals surface area contributed by atoms with E-state index in [9.17, 15) is 14.4 Å². The van der Waals surface area contributed by atoms with Crippen molar-refractivity contribution in [1.29, 1.82) is 0 Å². The molecule has 0 unspecified atom stereocenters. The van der Waals surface area contributed by atoms with E-state index in [-0.39, 0.29) is 0 Å². The summed E-state index contributed by atoms with van der Waals surface area (Å²) < 4.78 is 20.9. The highest BCUT2D eigenvalue weighted by atomic mass is 79.9. The van der Waals surface area contributed by atoms with Crippen LogP contribution in [-0.2, 0) is 23.9 Å². The number of ether oxygens (including phenoxy) is 2. The first-order chi connectivity index (χ1) is 12.4. The Kier molecular flexibility index (Phi) is 7.61. The van der Waals surface area contributed by atoms with Crippen LogP contribution >= 0.6 is 31.9 Å². The third-order valence-electron chi connectivity index (χ3n) is 2.71. The van der Waals surface area contributed by atoms with Crippen LogP contribution in [0, 0.1) is 0 Å². The fourth-order valence-corrected chi connectivity index (χ4v) is 2.22. The summed E-state index contributed by atoms with van der Waals surface area (Å²) in [7, 11) is 0. The molecule has 9 heteroatoms. The summed E-state index contributed by atoms with van der Waals surface area (Å²) in [4.78, 5) is 34.5. The largest absolute Gasteiger partial charge is 0.454 e. The second kappa shape index (κ2) is 9.93. The fraction of sp³-hybridized carbons (Fsp3) is 0.118. The number of hydrogen-bond acceptors (Lipinski definition) is 7. The molecule has 0 saturated carbocycles. The topological polar surface area (TPSA) is 96.0 Å². The van der Waals surface area contributed by atoms with Crippen molar-refractivity contribution in [2.45, 2.75) is 0 Å². The molecule has 0 radical (unpaired) electrons. The molecular weight excluding hydrogens is 476 g/mol. The Balaban J connectivity index is 1.66. The molecule has 0 aromatic carbocycles. The van der Waals surface area contributed by atoms with Crippen LogP contribution in [0.2, 0.25) is 0 Å². The summed E-state index contributed by atoms with van der Waals surface area (Å²) in [5, 5.41) is 0. The molecule has 0 aliphatic heterocycles. The molecular formula is C17H12Br2O7. The zero-order valence-electron chi connectivity index (χ0n) is 13.1. The number of carbonyl (C=O) groups is 3. The minimum Gasteiger partial charge on any atom is -0.454 e. The number of hydrogen-bond donors (Lipinski definition) is 0. The second-order valence-corrected chi connectivity index (χ2v) is 6.27. The Bertz CT molecular complexity index is 777. The molecule has 0 fully saturated rings. The van der Waals surface area contributed by atoms with Gasteiger partial charge in [0, 0.05) is 12.2 Å². The molecule has 0 bridgehead atoms. The van der Waals surface area contributed by atoms with E-state index in [1.54, 1.807) is 24.3 Å². The molecule has 2 heterocycles. The molecule has 26 heavy (non-hydrogen) atoms. The lowest BCUT2D eigenvalue weighted by Crippen LogP contribution is -2.19. The quantitative estimate of drug-likeness (QED) is 0.413. The van der Waals surface area contributed by atoms with Gasteiger partial charge in [0.25, 0.3) is 0 Å². The van der Waals surface area contributed by atoms with Crippen molar-refractivity contribution in [3.05, 3.63) is 57.3 Å². The average Bonchev–Trinajstić information content (AvgIpc) is 3.22. The highest BCUT2D eigenvalue weighted by Crippen LogP contribution is 2.15. The minimum absolute atomic E-state index is 0.449. The zero-order valence-corrected chi connectivity index (χ0v) is 16.3. The SMILES string of the molecule is O=C(COC(=O)C=Cc1ccc(Br)o1)COC(=O)C=Cc1ccc(Br)o1. The summed E-state index contributed by atoms with van der Waals surface area (Å²) in [6.07, 6.45) is 5.04. The van der Waals surface area contributed by atoms with Crippen molar-refractivity contribution in [2.24, 2.45) is 0 Å².